The monoisotopic (exact) mass is 270 g/mol. The lowest BCUT2D eigenvalue weighted by Gasteiger charge is -2.30. The van der Waals surface area contributed by atoms with Crippen LogP contribution < -0.4 is 16.0 Å². The topological polar surface area (TPSA) is 56.5 Å². The highest BCUT2D eigenvalue weighted by molar-refractivity contribution is 5.33. The Morgan fingerprint density at radius 3 is 2.53 bits per heavy atom. The predicted octanol–water partition coefficient (Wildman–Crippen LogP) is 2.40. The molecule has 4 nitrogen and oxygen atoms in total. The molecule has 5 heteroatoms. The fraction of sp³-hybridized carbons (Fsp3) is 0.571. The largest absolute Gasteiger partial charge is 0.494 e. The Balaban J connectivity index is 3.14. The van der Waals surface area contributed by atoms with Crippen molar-refractivity contribution in [3.8, 4) is 5.75 Å². The van der Waals surface area contributed by atoms with Gasteiger partial charge < -0.3 is 9.47 Å². The molecule has 2 atom stereocenters. The summed E-state index contributed by atoms with van der Waals surface area (Å²) in [6.07, 6.45) is -0.211. The number of ether oxygens (including phenoxy) is 2. The zero-order chi connectivity index (χ0) is 14.4. The average molecular weight is 270 g/mol. The minimum absolute atomic E-state index is 0.201. The van der Waals surface area contributed by atoms with E-state index in [4.69, 9.17) is 15.3 Å². The molecule has 3 N–H and O–H groups in total. The summed E-state index contributed by atoms with van der Waals surface area (Å²) >= 11 is 0. The van der Waals surface area contributed by atoms with Gasteiger partial charge in [-0.2, -0.15) is 0 Å². The first kappa shape index (κ1) is 15.9. The van der Waals surface area contributed by atoms with Gasteiger partial charge in [0, 0.05) is 12.2 Å². The van der Waals surface area contributed by atoms with Crippen molar-refractivity contribution in [1.82, 2.24) is 5.43 Å². The van der Waals surface area contributed by atoms with Gasteiger partial charge in [-0.25, -0.2) is 4.39 Å². The number of hydrazine groups is 1. The molecule has 1 aromatic rings. The molecule has 0 radical (unpaired) electrons. The Bertz CT molecular complexity index is 399. The van der Waals surface area contributed by atoms with Crippen LogP contribution in [0.25, 0.3) is 0 Å². The van der Waals surface area contributed by atoms with Crippen LogP contribution in [0, 0.1) is 11.7 Å². The first-order valence-electron chi connectivity index (χ1n) is 6.46. The van der Waals surface area contributed by atoms with Crippen LogP contribution in [0.15, 0.2) is 18.2 Å². The third-order valence-corrected chi connectivity index (χ3v) is 3.07. The minimum Gasteiger partial charge on any atom is -0.494 e. The fourth-order valence-corrected chi connectivity index (χ4v) is 2.15. The van der Waals surface area contributed by atoms with Gasteiger partial charge in [0.15, 0.2) is 11.6 Å². The molecule has 0 spiro atoms. The summed E-state index contributed by atoms with van der Waals surface area (Å²) in [5.41, 5.74) is 3.11. The lowest BCUT2D eigenvalue weighted by atomic mass is 9.93. The van der Waals surface area contributed by atoms with E-state index < -0.39 is 11.9 Å². The van der Waals surface area contributed by atoms with Gasteiger partial charge in [0.25, 0.3) is 0 Å². The Kier molecular flexibility index (Phi) is 6.21. The van der Waals surface area contributed by atoms with Crippen molar-refractivity contribution in [2.24, 2.45) is 11.8 Å². The molecule has 19 heavy (non-hydrogen) atoms. The van der Waals surface area contributed by atoms with Gasteiger partial charge in [-0.1, -0.05) is 26.0 Å². The number of nitrogens with one attached hydrogen (secondary N) is 1. The number of nitrogens with two attached hydrogens (primary N) is 1. The first-order chi connectivity index (χ1) is 9.06. The van der Waals surface area contributed by atoms with Gasteiger partial charge >= 0.3 is 0 Å². The number of halogens is 1. The molecule has 108 valence electrons. The summed E-state index contributed by atoms with van der Waals surface area (Å²) in [5, 5.41) is 0. The van der Waals surface area contributed by atoms with Crippen molar-refractivity contribution >= 4 is 0 Å². The molecule has 0 bridgehead atoms. The van der Waals surface area contributed by atoms with Gasteiger partial charge in [0.1, 0.15) is 0 Å². The van der Waals surface area contributed by atoms with E-state index in [-0.39, 0.29) is 17.8 Å². The SMILES string of the molecule is CCOC(C(C)C)C(NN)c1cccc(OC)c1F. The van der Waals surface area contributed by atoms with Crippen LogP contribution in [-0.2, 0) is 4.74 Å². The van der Waals surface area contributed by atoms with Gasteiger partial charge in [-0.15, -0.1) is 0 Å². The third kappa shape index (κ3) is 3.65. The highest BCUT2D eigenvalue weighted by Gasteiger charge is 2.28. The quantitative estimate of drug-likeness (QED) is 0.590. The van der Waals surface area contributed by atoms with Crippen LogP contribution in [0.5, 0.6) is 5.75 Å². The maximum Gasteiger partial charge on any atom is 0.169 e. The lowest BCUT2D eigenvalue weighted by Crippen LogP contribution is -2.41. The molecule has 2 unspecified atom stereocenters. The maximum atomic E-state index is 14.3. The molecule has 0 aliphatic carbocycles. The van der Waals surface area contributed by atoms with Crippen molar-refractivity contribution in [2.45, 2.75) is 32.9 Å². The van der Waals surface area contributed by atoms with E-state index in [1.165, 1.54) is 7.11 Å². The molecular formula is C14H23FN2O2. The summed E-state index contributed by atoms with van der Waals surface area (Å²) < 4.78 is 25.0. The van der Waals surface area contributed by atoms with Gasteiger partial charge in [-0.05, 0) is 18.9 Å². The van der Waals surface area contributed by atoms with Crippen molar-refractivity contribution in [1.29, 1.82) is 0 Å². The number of hydrogen-bond donors (Lipinski definition) is 2. The van der Waals surface area contributed by atoms with Gasteiger partial charge in [0.05, 0.1) is 19.3 Å². The van der Waals surface area contributed by atoms with E-state index >= 15 is 0 Å². The lowest BCUT2D eigenvalue weighted by molar-refractivity contribution is 0.00188. The molecule has 0 aliphatic rings. The zero-order valence-electron chi connectivity index (χ0n) is 11.9. The summed E-state index contributed by atoms with van der Waals surface area (Å²) in [7, 11) is 1.44. The Morgan fingerprint density at radius 1 is 1.37 bits per heavy atom. The van der Waals surface area contributed by atoms with Gasteiger partial charge in [0.2, 0.25) is 0 Å². The number of methoxy groups -OCH3 is 1. The predicted molar refractivity (Wildman–Crippen MR) is 73.3 cm³/mol. The second-order valence-electron chi connectivity index (χ2n) is 4.67. The van der Waals surface area contributed by atoms with Crippen molar-refractivity contribution in [2.75, 3.05) is 13.7 Å². The summed E-state index contributed by atoms with van der Waals surface area (Å²) in [5.74, 6) is 5.60. The summed E-state index contributed by atoms with van der Waals surface area (Å²) in [6, 6.07) is 4.59. The Labute approximate surface area is 114 Å². The summed E-state index contributed by atoms with van der Waals surface area (Å²) in [4.78, 5) is 0. The van der Waals surface area contributed by atoms with Crippen LogP contribution in [0.3, 0.4) is 0 Å². The second kappa shape index (κ2) is 7.43. The second-order valence-corrected chi connectivity index (χ2v) is 4.67. The fourth-order valence-electron chi connectivity index (χ4n) is 2.15. The van der Waals surface area contributed by atoms with E-state index in [9.17, 15) is 4.39 Å². The smallest absolute Gasteiger partial charge is 0.169 e. The Morgan fingerprint density at radius 2 is 2.05 bits per heavy atom. The molecule has 1 rings (SSSR count). The highest BCUT2D eigenvalue weighted by Crippen LogP contribution is 2.30. The molecule has 0 saturated heterocycles. The van der Waals surface area contributed by atoms with Crippen LogP contribution in [-0.4, -0.2) is 19.8 Å². The van der Waals surface area contributed by atoms with Crippen LogP contribution >= 0.6 is 0 Å². The number of benzene rings is 1. The van der Waals surface area contributed by atoms with Crippen LogP contribution in [0.1, 0.15) is 32.4 Å². The Hall–Kier alpha value is -1.17. The molecule has 0 fully saturated rings. The van der Waals surface area contributed by atoms with E-state index in [0.29, 0.717) is 12.2 Å². The van der Waals surface area contributed by atoms with Crippen molar-refractivity contribution in [3.63, 3.8) is 0 Å². The number of hydrogen-bond acceptors (Lipinski definition) is 4. The molecule has 0 heterocycles. The average Bonchev–Trinajstić information content (AvgIpc) is 2.40. The third-order valence-electron chi connectivity index (χ3n) is 3.07. The maximum absolute atomic E-state index is 14.3. The molecular weight excluding hydrogens is 247 g/mol. The molecule has 0 aliphatic heterocycles. The minimum atomic E-state index is -0.421. The van der Waals surface area contributed by atoms with Crippen LogP contribution in [0.4, 0.5) is 4.39 Å². The standard InChI is InChI=1S/C14H23FN2O2/c1-5-19-14(9(2)3)13(17-16)10-7-6-8-11(18-4)12(10)15/h6-9,13-14,17H,5,16H2,1-4H3. The van der Waals surface area contributed by atoms with Crippen LogP contribution in [0.2, 0.25) is 0 Å². The zero-order valence-corrected chi connectivity index (χ0v) is 11.9. The van der Waals surface area contributed by atoms with E-state index in [1.54, 1.807) is 18.2 Å². The highest BCUT2D eigenvalue weighted by atomic mass is 19.1. The first-order valence-corrected chi connectivity index (χ1v) is 6.46. The molecule has 1 aromatic carbocycles. The molecule has 0 saturated carbocycles. The van der Waals surface area contributed by atoms with E-state index in [1.807, 2.05) is 20.8 Å². The van der Waals surface area contributed by atoms with E-state index in [0.717, 1.165) is 0 Å². The van der Waals surface area contributed by atoms with Crippen molar-refractivity contribution < 1.29 is 13.9 Å². The molecule has 0 aromatic heterocycles. The van der Waals surface area contributed by atoms with Gasteiger partial charge in [-0.3, -0.25) is 11.3 Å². The number of rotatable bonds is 7. The molecule has 0 amide bonds. The van der Waals surface area contributed by atoms with E-state index in [2.05, 4.69) is 5.43 Å². The summed E-state index contributed by atoms with van der Waals surface area (Å²) in [6.45, 7) is 6.49. The van der Waals surface area contributed by atoms with Crippen molar-refractivity contribution in [3.05, 3.63) is 29.6 Å². The normalized spacial score (nSPS) is 14.5.